The second-order valence-corrected chi connectivity index (χ2v) is 24.3. The highest BCUT2D eigenvalue weighted by molar-refractivity contribution is 8.03. The number of thioether (sulfide) groups is 1. The average molecular weight is 416 g/mol. The van der Waals surface area contributed by atoms with Crippen LogP contribution in [0, 0.1) is 0 Å². The molecule has 0 spiro atoms. The maximum Gasteiger partial charge on any atom is 0.0671 e. The molecule has 0 radical (unpaired) electrons. The largest absolute Gasteiger partial charge is 0.161 e. The Labute approximate surface area is 162 Å². The van der Waals surface area contributed by atoms with Gasteiger partial charge in [0.25, 0.3) is 0 Å². The van der Waals surface area contributed by atoms with E-state index in [1.165, 1.54) is 0 Å². The zero-order valence-electron chi connectivity index (χ0n) is 17.1. The Balaban J connectivity index is 5.59. The van der Waals surface area contributed by atoms with E-state index in [2.05, 4.69) is 79.5 Å². The van der Waals surface area contributed by atoms with Crippen LogP contribution in [0.2, 0.25) is 36.3 Å². The third kappa shape index (κ3) is 6.23. The van der Waals surface area contributed by atoms with E-state index in [-0.39, 0.29) is 0 Å². The lowest BCUT2D eigenvalue weighted by Gasteiger charge is -2.48. The second kappa shape index (κ2) is 8.84. The molecule has 0 aromatic carbocycles. The van der Waals surface area contributed by atoms with Crippen molar-refractivity contribution in [2.24, 2.45) is 0 Å². The van der Waals surface area contributed by atoms with Crippen molar-refractivity contribution in [3.63, 3.8) is 0 Å². The van der Waals surface area contributed by atoms with Gasteiger partial charge in [0.1, 0.15) is 0 Å². The number of alkyl halides is 2. The van der Waals surface area contributed by atoms with Gasteiger partial charge in [0.15, 0.2) is 0 Å². The van der Waals surface area contributed by atoms with E-state index in [4.69, 9.17) is 23.2 Å². The van der Waals surface area contributed by atoms with Gasteiger partial charge in [0.2, 0.25) is 0 Å². The van der Waals surface area contributed by atoms with Crippen molar-refractivity contribution in [1.29, 1.82) is 0 Å². The Hall–Kier alpha value is 1.36. The van der Waals surface area contributed by atoms with E-state index >= 15 is 0 Å². The molecule has 0 aromatic heterocycles. The summed E-state index contributed by atoms with van der Waals surface area (Å²) in [7, 11) is -2.85. The minimum atomic E-state index is -1.43. The minimum absolute atomic E-state index is 0.398. The van der Waals surface area contributed by atoms with Crippen molar-refractivity contribution < 1.29 is 0 Å². The number of rotatable bonds is 8. The molecule has 0 rings (SSSR count). The fourth-order valence-corrected chi connectivity index (χ4v) is 14.4. The first kappa shape index (κ1) is 24.4. The topological polar surface area (TPSA) is 0 Å². The van der Waals surface area contributed by atoms with Crippen molar-refractivity contribution >= 4 is 51.1 Å². The van der Waals surface area contributed by atoms with Gasteiger partial charge in [-0.15, -0.1) is 23.2 Å². The zero-order chi connectivity index (χ0) is 18.7. The Kier molecular flexibility index (Phi) is 9.36. The third-order valence-electron chi connectivity index (χ3n) is 6.55. The van der Waals surface area contributed by atoms with Crippen molar-refractivity contribution in [2.45, 2.75) is 100 Å². The molecule has 0 fully saturated rings. The van der Waals surface area contributed by atoms with Crippen LogP contribution in [0.15, 0.2) is 0 Å². The Morgan fingerprint density at radius 1 is 0.696 bits per heavy atom. The van der Waals surface area contributed by atoms with Gasteiger partial charge < -0.3 is 0 Å². The predicted molar refractivity (Wildman–Crippen MR) is 120 cm³/mol. The summed E-state index contributed by atoms with van der Waals surface area (Å²) in [4.78, 5) is 1.42. The molecule has 2 atom stereocenters. The summed E-state index contributed by atoms with van der Waals surface area (Å²) >= 11 is 14.7. The maximum atomic E-state index is 6.21. The summed E-state index contributed by atoms with van der Waals surface area (Å²) < 4.78 is 0. The maximum absolute atomic E-state index is 6.21. The van der Waals surface area contributed by atoms with Crippen LogP contribution < -0.4 is 0 Å². The molecule has 0 aliphatic rings. The molecule has 0 aliphatic heterocycles. The van der Waals surface area contributed by atoms with E-state index in [1.54, 1.807) is 0 Å². The van der Waals surface area contributed by atoms with Crippen LogP contribution in [0.3, 0.4) is 0 Å². The SMILES string of the molecule is CC(C)(C)[Si](C)(C)C(CCCl)SC(CCCl)[Si](C)(C)C(C)(C)C. The van der Waals surface area contributed by atoms with E-state index in [9.17, 15) is 0 Å². The molecule has 5 heteroatoms. The van der Waals surface area contributed by atoms with Crippen molar-refractivity contribution in [3.8, 4) is 0 Å². The average Bonchev–Trinajstić information content (AvgIpc) is 2.34. The summed E-state index contributed by atoms with van der Waals surface area (Å²) in [5.74, 6) is 1.55. The summed E-state index contributed by atoms with van der Waals surface area (Å²) in [5, 5.41) is 0.797. The molecule has 0 aromatic rings. The van der Waals surface area contributed by atoms with Gasteiger partial charge in [-0.25, -0.2) is 0 Å². The first-order valence-corrected chi connectivity index (χ1v) is 17.1. The molecule has 140 valence electrons. The highest BCUT2D eigenvalue weighted by Gasteiger charge is 2.47. The molecule has 0 bridgehead atoms. The van der Waals surface area contributed by atoms with Gasteiger partial charge in [0.05, 0.1) is 16.1 Å². The fraction of sp³-hybridized carbons (Fsp3) is 1.00. The van der Waals surface area contributed by atoms with Crippen molar-refractivity contribution in [3.05, 3.63) is 0 Å². The smallest absolute Gasteiger partial charge is 0.0671 e. The molecule has 0 heterocycles. The molecule has 0 aliphatic carbocycles. The monoisotopic (exact) mass is 414 g/mol. The lowest BCUT2D eigenvalue weighted by Crippen LogP contribution is -2.53. The third-order valence-corrected chi connectivity index (χ3v) is 24.0. The van der Waals surface area contributed by atoms with E-state index in [0.717, 1.165) is 24.6 Å². The summed E-state index contributed by atoms with van der Waals surface area (Å²) in [6.45, 7) is 24.7. The zero-order valence-corrected chi connectivity index (χ0v) is 21.5. The quantitative estimate of drug-likeness (QED) is 0.288. The van der Waals surface area contributed by atoms with Crippen LogP contribution in [-0.2, 0) is 0 Å². The first-order chi connectivity index (χ1) is 10.1. The molecule has 0 saturated heterocycles. The van der Waals surface area contributed by atoms with Gasteiger partial charge in [-0.3, -0.25) is 0 Å². The summed E-state index contributed by atoms with van der Waals surface area (Å²) in [6, 6.07) is 0. The summed E-state index contributed by atoms with van der Waals surface area (Å²) in [5.41, 5.74) is 0. The number of halogens is 2. The van der Waals surface area contributed by atoms with Gasteiger partial charge in [-0.2, -0.15) is 11.8 Å². The first-order valence-electron chi connectivity index (χ1n) is 8.90. The summed E-state index contributed by atoms with van der Waals surface area (Å²) in [6.07, 6.45) is 2.27. The van der Waals surface area contributed by atoms with Crippen LogP contribution in [0.5, 0.6) is 0 Å². The predicted octanol–water partition coefficient (Wildman–Crippen LogP) is 7.81. The Morgan fingerprint density at radius 3 is 1.13 bits per heavy atom. The van der Waals surface area contributed by atoms with Gasteiger partial charge in [0, 0.05) is 21.5 Å². The lowest BCUT2D eigenvalue weighted by atomic mass is 10.2. The molecular weight excluding hydrogens is 375 g/mol. The molecule has 23 heavy (non-hydrogen) atoms. The molecular formula is C18H40Cl2SSi2. The standard InChI is InChI=1S/C18H40Cl2SSi2/c1-17(2,3)22(7,8)15(11-13-19)21-16(12-14-20)23(9,10)18(4,5)6/h15-16H,11-14H2,1-10H3. The Bertz CT molecular complexity index is 323. The van der Waals surface area contributed by atoms with E-state index < -0.39 is 16.1 Å². The van der Waals surface area contributed by atoms with Gasteiger partial charge in [-0.1, -0.05) is 67.7 Å². The molecule has 0 saturated carbocycles. The lowest BCUT2D eigenvalue weighted by molar-refractivity contribution is 0.699. The van der Waals surface area contributed by atoms with Crippen LogP contribution >= 0.6 is 35.0 Å². The number of hydrogen-bond donors (Lipinski definition) is 0. The van der Waals surface area contributed by atoms with Crippen molar-refractivity contribution in [1.82, 2.24) is 0 Å². The van der Waals surface area contributed by atoms with Crippen LogP contribution in [-0.4, -0.2) is 37.7 Å². The van der Waals surface area contributed by atoms with Gasteiger partial charge >= 0.3 is 0 Å². The minimum Gasteiger partial charge on any atom is -0.161 e. The van der Waals surface area contributed by atoms with Crippen LogP contribution in [0.1, 0.15) is 54.4 Å². The fourth-order valence-electron chi connectivity index (χ4n) is 2.56. The molecule has 2 unspecified atom stereocenters. The van der Waals surface area contributed by atoms with Crippen molar-refractivity contribution in [2.75, 3.05) is 11.8 Å². The highest BCUT2D eigenvalue weighted by Crippen LogP contribution is 2.49. The highest BCUT2D eigenvalue weighted by atomic mass is 35.5. The molecule has 0 nitrogen and oxygen atoms in total. The van der Waals surface area contributed by atoms with Crippen LogP contribution in [0.4, 0.5) is 0 Å². The normalized spacial score (nSPS) is 17.2. The van der Waals surface area contributed by atoms with Crippen LogP contribution in [0.25, 0.3) is 0 Å². The van der Waals surface area contributed by atoms with Gasteiger partial charge in [-0.05, 0) is 22.9 Å². The van der Waals surface area contributed by atoms with E-state index in [0.29, 0.717) is 19.8 Å². The molecule has 0 amide bonds. The Morgan fingerprint density at radius 2 is 0.957 bits per heavy atom. The number of hydrogen-bond acceptors (Lipinski definition) is 1. The second-order valence-electron chi connectivity index (χ2n) is 10.0. The molecule has 0 N–H and O–H groups in total. The van der Waals surface area contributed by atoms with E-state index in [1.807, 2.05) is 0 Å².